The number of hydrogen-bond acceptors (Lipinski definition) is 4. The standard InChI is InChI=1S/C11H9N3O2.Li.H/c1-7-5-8(9(11(15)16)14-6-7)10-12-3-2-4-13-10;;/h2-6H,1H3,(H,15,16);;. The summed E-state index contributed by atoms with van der Waals surface area (Å²) in [6, 6.07) is 3.39. The van der Waals surface area contributed by atoms with E-state index in [0.29, 0.717) is 11.4 Å². The van der Waals surface area contributed by atoms with Crippen LogP contribution in [0.25, 0.3) is 11.4 Å². The van der Waals surface area contributed by atoms with Gasteiger partial charge in [-0.05, 0) is 24.6 Å². The predicted molar refractivity (Wildman–Crippen MR) is 64.1 cm³/mol. The van der Waals surface area contributed by atoms with Gasteiger partial charge in [-0.1, -0.05) is 0 Å². The molecule has 0 bridgehead atoms. The molecule has 2 aromatic heterocycles. The third kappa shape index (κ3) is 2.90. The molecule has 0 spiro atoms. The van der Waals surface area contributed by atoms with Gasteiger partial charge in [0.2, 0.25) is 0 Å². The van der Waals surface area contributed by atoms with Gasteiger partial charge in [-0.25, -0.2) is 19.7 Å². The molecule has 0 aliphatic carbocycles. The van der Waals surface area contributed by atoms with Crippen LogP contribution < -0.4 is 0 Å². The van der Waals surface area contributed by atoms with E-state index in [4.69, 9.17) is 5.11 Å². The summed E-state index contributed by atoms with van der Waals surface area (Å²) >= 11 is 0. The van der Waals surface area contributed by atoms with Crippen LogP contribution >= 0.6 is 0 Å². The van der Waals surface area contributed by atoms with Crippen molar-refractivity contribution in [2.24, 2.45) is 0 Å². The van der Waals surface area contributed by atoms with Crippen LogP contribution in [0.4, 0.5) is 0 Å². The van der Waals surface area contributed by atoms with Crippen LogP contribution in [0.3, 0.4) is 0 Å². The van der Waals surface area contributed by atoms with Crippen molar-refractivity contribution < 1.29 is 9.90 Å². The Morgan fingerprint density at radius 1 is 1.24 bits per heavy atom. The zero-order valence-corrected chi connectivity index (χ0v) is 8.58. The number of rotatable bonds is 2. The monoisotopic (exact) mass is 223 g/mol. The first-order chi connectivity index (χ1) is 7.68. The third-order valence-electron chi connectivity index (χ3n) is 2.03. The summed E-state index contributed by atoms with van der Waals surface area (Å²) in [5, 5.41) is 9.00. The minimum atomic E-state index is -1.08. The maximum atomic E-state index is 11.0. The first-order valence-corrected chi connectivity index (χ1v) is 4.66. The Labute approximate surface area is 110 Å². The first-order valence-electron chi connectivity index (χ1n) is 4.66. The number of pyridine rings is 1. The molecule has 1 N–H and O–H groups in total. The van der Waals surface area contributed by atoms with Gasteiger partial charge in [-0.2, -0.15) is 0 Å². The Morgan fingerprint density at radius 3 is 2.47 bits per heavy atom. The molecular formula is C11H10LiN3O2. The second kappa shape index (κ2) is 5.57. The Morgan fingerprint density at radius 2 is 1.88 bits per heavy atom. The van der Waals surface area contributed by atoms with Crippen LogP contribution in [0.15, 0.2) is 30.7 Å². The molecule has 0 amide bonds. The number of carboxylic acids is 1. The zero-order valence-electron chi connectivity index (χ0n) is 8.58. The van der Waals surface area contributed by atoms with Crippen molar-refractivity contribution in [3.63, 3.8) is 0 Å². The number of aromatic carboxylic acids is 1. The molecule has 0 saturated heterocycles. The van der Waals surface area contributed by atoms with E-state index in [2.05, 4.69) is 15.0 Å². The number of carbonyl (C=O) groups is 1. The number of nitrogens with zero attached hydrogens (tertiary/aromatic N) is 3. The molecule has 2 aromatic rings. The van der Waals surface area contributed by atoms with E-state index in [9.17, 15) is 4.79 Å². The molecule has 6 heteroatoms. The first kappa shape index (κ1) is 13.4. The van der Waals surface area contributed by atoms with Gasteiger partial charge in [0.1, 0.15) is 0 Å². The van der Waals surface area contributed by atoms with Gasteiger partial charge in [0, 0.05) is 18.6 Å². The van der Waals surface area contributed by atoms with Crippen molar-refractivity contribution in [2.45, 2.75) is 6.92 Å². The van der Waals surface area contributed by atoms with Crippen molar-refractivity contribution in [1.29, 1.82) is 0 Å². The minimum absolute atomic E-state index is 0. The van der Waals surface area contributed by atoms with Crippen molar-refractivity contribution >= 4 is 24.8 Å². The van der Waals surface area contributed by atoms with Gasteiger partial charge in [0.15, 0.2) is 11.5 Å². The molecule has 82 valence electrons. The molecule has 0 saturated carbocycles. The third-order valence-corrected chi connectivity index (χ3v) is 2.03. The molecule has 0 aliphatic heterocycles. The summed E-state index contributed by atoms with van der Waals surface area (Å²) in [7, 11) is 0. The van der Waals surface area contributed by atoms with Gasteiger partial charge in [0.25, 0.3) is 0 Å². The predicted octanol–water partition coefficient (Wildman–Crippen LogP) is 0.897. The van der Waals surface area contributed by atoms with E-state index in [1.54, 1.807) is 24.5 Å². The topological polar surface area (TPSA) is 76.0 Å². The molecule has 17 heavy (non-hydrogen) atoms. The van der Waals surface area contributed by atoms with E-state index >= 15 is 0 Å². The van der Waals surface area contributed by atoms with Gasteiger partial charge in [-0.3, -0.25) is 0 Å². The molecule has 0 radical (unpaired) electrons. The number of carboxylic acid groups (broad SMARTS) is 1. The Bertz CT molecular complexity index is 531. The molecule has 0 atom stereocenters. The molecule has 0 aromatic carbocycles. The van der Waals surface area contributed by atoms with Crippen LogP contribution in [0, 0.1) is 6.92 Å². The zero-order chi connectivity index (χ0) is 11.5. The van der Waals surface area contributed by atoms with Crippen molar-refractivity contribution in [1.82, 2.24) is 15.0 Å². The molecule has 2 heterocycles. The van der Waals surface area contributed by atoms with Crippen LogP contribution in [0.1, 0.15) is 16.1 Å². The van der Waals surface area contributed by atoms with Crippen LogP contribution in [0.2, 0.25) is 0 Å². The molecule has 0 fully saturated rings. The number of aryl methyl sites for hydroxylation is 1. The van der Waals surface area contributed by atoms with E-state index in [-0.39, 0.29) is 24.6 Å². The quantitative estimate of drug-likeness (QED) is 0.765. The SMILES string of the molecule is Cc1cnc(C(=O)O)c(-c2ncccn2)c1.[LiH]. The summed E-state index contributed by atoms with van der Waals surface area (Å²) in [5.41, 5.74) is 1.28. The summed E-state index contributed by atoms with van der Waals surface area (Å²) in [6.45, 7) is 1.84. The van der Waals surface area contributed by atoms with E-state index < -0.39 is 5.97 Å². The fraction of sp³-hybridized carbons (Fsp3) is 0.0909. The second-order valence-electron chi connectivity index (χ2n) is 3.29. The van der Waals surface area contributed by atoms with E-state index in [0.717, 1.165) is 5.56 Å². The van der Waals surface area contributed by atoms with Crippen LogP contribution in [-0.4, -0.2) is 44.9 Å². The van der Waals surface area contributed by atoms with Crippen molar-refractivity contribution in [2.75, 3.05) is 0 Å². The molecule has 2 rings (SSSR count). The average Bonchev–Trinajstić information content (AvgIpc) is 2.29. The number of hydrogen-bond donors (Lipinski definition) is 1. The van der Waals surface area contributed by atoms with Gasteiger partial charge in [-0.15, -0.1) is 0 Å². The Balaban J connectivity index is 0.00000144. The second-order valence-corrected chi connectivity index (χ2v) is 3.29. The Kier molecular flexibility index (Phi) is 4.38. The molecular weight excluding hydrogens is 213 g/mol. The maximum absolute atomic E-state index is 11.0. The fourth-order valence-electron chi connectivity index (χ4n) is 1.35. The molecule has 5 nitrogen and oxygen atoms in total. The normalized spacial score (nSPS) is 9.47. The summed E-state index contributed by atoms with van der Waals surface area (Å²) in [4.78, 5) is 22.9. The summed E-state index contributed by atoms with van der Waals surface area (Å²) in [6.07, 6.45) is 4.64. The van der Waals surface area contributed by atoms with Crippen LogP contribution in [0.5, 0.6) is 0 Å². The molecule has 0 unspecified atom stereocenters. The Hall–Kier alpha value is -1.70. The van der Waals surface area contributed by atoms with E-state index in [1.807, 2.05) is 6.92 Å². The van der Waals surface area contributed by atoms with Gasteiger partial charge in [0.05, 0.1) is 5.56 Å². The summed E-state index contributed by atoms with van der Waals surface area (Å²) < 4.78 is 0. The van der Waals surface area contributed by atoms with Gasteiger partial charge >= 0.3 is 24.8 Å². The van der Waals surface area contributed by atoms with E-state index in [1.165, 1.54) is 6.20 Å². The number of aromatic nitrogens is 3. The molecule has 0 aliphatic rings. The van der Waals surface area contributed by atoms with Crippen molar-refractivity contribution in [3.8, 4) is 11.4 Å². The van der Waals surface area contributed by atoms with Crippen LogP contribution in [-0.2, 0) is 0 Å². The summed E-state index contributed by atoms with van der Waals surface area (Å²) in [5.74, 6) is -0.710. The fourth-order valence-corrected chi connectivity index (χ4v) is 1.35. The van der Waals surface area contributed by atoms with Crippen molar-refractivity contribution in [3.05, 3.63) is 42.0 Å². The van der Waals surface area contributed by atoms with Gasteiger partial charge < -0.3 is 5.11 Å². The average molecular weight is 223 g/mol.